The summed E-state index contributed by atoms with van der Waals surface area (Å²) in [6.45, 7) is 11.4. The lowest BCUT2D eigenvalue weighted by molar-refractivity contribution is -0.118. The summed E-state index contributed by atoms with van der Waals surface area (Å²) in [4.78, 5) is 10.1. The SMILES string of the molecule is [CH]=CC(=[CH])NC(C)=O. The van der Waals surface area contributed by atoms with Crippen molar-refractivity contribution in [2.75, 3.05) is 0 Å². The lowest BCUT2D eigenvalue weighted by Gasteiger charge is -1.95. The molecule has 1 N–H and O–H groups in total. The van der Waals surface area contributed by atoms with Gasteiger partial charge in [-0.25, -0.2) is 0 Å². The molecule has 0 aliphatic rings. The Hall–Kier alpha value is -1.05. The number of allylic oxidation sites excluding steroid dienone is 1. The zero-order valence-electron chi connectivity index (χ0n) is 4.64. The van der Waals surface area contributed by atoms with E-state index in [0.717, 1.165) is 6.08 Å². The van der Waals surface area contributed by atoms with Crippen molar-refractivity contribution in [1.29, 1.82) is 0 Å². The van der Waals surface area contributed by atoms with Gasteiger partial charge in [0.25, 0.3) is 0 Å². The van der Waals surface area contributed by atoms with Gasteiger partial charge in [0.1, 0.15) is 0 Å². The average Bonchev–Trinajstić information content (AvgIpc) is 1.65. The molecule has 1 amide bonds. The van der Waals surface area contributed by atoms with E-state index in [1.165, 1.54) is 6.92 Å². The Morgan fingerprint density at radius 3 is 2.38 bits per heavy atom. The third kappa shape index (κ3) is 3.15. The summed E-state index contributed by atoms with van der Waals surface area (Å²) in [6.07, 6.45) is 1.13. The highest BCUT2D eigenvalue weighted by Gasteiger charge is 1.87. The van der Waals surface area contributed by atoms with E-state index in [1.807, 2.05) is 0 Å². The molecule has 0 aliphatic carbocycles. The van der Waals surface area contributed by atoms with Crippen LogP contribution in [0.5, 0.6) is 0 Å². The molecule has 0 fully saturated rings. The molecule has 2 nitrogen and oxygen atoms in total. The van der Waals surface area contributed by atoms with Gasteiger partial charge < -0.3 is 5.32 Å². The van der Waals surface area contributed by atoms with Gasteiger partial charge in [0.2, 0.25) is 5.91 Å². The molecule has 8 heavy (non-hydrogen) atoms. The fourth-order valence-corrected chi connectivity index (χ4v) is 0.245. The predicted molar refractivity (Wildman–Crippen MR) is 30.5 cm³/mol. The van der Waals surface area contributed by atoms with Crippen molar-refractivity contribution in [3.8, 4) is 0 Å². The van der Waals surface area contributed by atoms with Gasteiger partial charge in [-0.1, -0.05) is 6.58 Å². The van der Waals surface area contributed by atoms with Crippen LogP contribution in [0.4, 0.5) is 0 Å². The normalized spacial score (nSPS) is 7.62. The first-order chi connectivity index (χ1) is 3.66. The molecule has 0 aromatic carbocycles. The third-order valence-corrected chi connectivity index (χ3v) is 0.500. The molecule has 0 aromatic heterocycles. The second-order valence-corrected chi connectivity index (χ2v) is 1.30. The van der Waals surface area contributed by atoms with Gasteiger partial charge in [-0.05, 0) is 12.7 Å². The van der Waals surface area contributed by atoms with Gasteiger partial charge in [0.15, 0.2) is 0 Å². The van der Waals surface area contributed by atoms with Gasteiger partial charge >= 0.3 is 0 Å². The summed E-state index contributed by atoms with van der Waals surface area (Å²) in [5.41, 5.74) is 0.178. The molecular formula is C6H7NO. The highest BCUT2D eigenvalue weighted by Crippen LogP contribution is 1.79. The van der Waals surface area contributed by atoms with Crippen molar-refractivity contribution in [2.24, 2.45) is 0 Å². The highest BCUT2D eigenvalue weighted by molar-refractivity contribution is 5.75. The number of rotatable bonds is 2. The van der Waals surface area contributed by atoms with E-state index in [4.69, 9.17) is 13.2 Å². The van der Waals surface area contributed by atoms with Crippen LogP contribution in [0.15, 0.2) is 11.8 Å². The van der Waals surface area contributed by atoms with Crippen molar-refractivity contribution >= 4 is 5.91 Å². The van der Waals surface area contributed by atoms with Gasteiger partial charge in [-0.2, -0.15) is 0 Å². The van der Waals surface area contributed by atoms with Crippen LogP contribution in [0, 0.1) is 13.2 Å². The Balaban J connectivity index is 3.55. The Bertz CT molecular complexity index is 126. The van der Waals surface area contributed by atoms with E-state index in [9.17, 15) is 4.79 Å². The van der Waals surface area contributed by atoms with Crippen molar-refractivity contribution < 1.29 is 4.79 Å². The molecule has 0 aliphatic heterocycles. The van der Waals surface area contributed by atoms with Crippen LogP contribution in [-0.2, 0) is 4.79 Å². The van der Waals surface area contributed by atoms with Crippen LogP contribution in [0.25, 0.3) is 0 Å². The number of hydrogen-bond acceptors (Lipinski definition) is 1. The summed E-state index contributed by atoms with van der Waals surface area (Å²) in [7, 11) is 0. The molecule has 0 aromatic rings. The lowest BCUT2D eigenvalue weighted by Crippen LogP contribution is -2.16. The molecule has 0 unspecified atom stereocenters. The van der Waals surface area contributed by atoms with Crippen LogP contribution >= 0.6 is 0 Å². The maximum Gasteiger partial charge on any atom is 0.221 e. The molecule has 0 rings (SSSR count). The molecule has 0 heterocycles. The van der Waals surface area contributed by atoms with Crippen LogP contribution in [-0.4, -0.2) is 5.91 Å². The minimum atomic E-state index is -0.218. The van der Waals surface area contributed by atoms with E-state index in [-0.39, 0.29) is 11.6 Å². The quantitative estimate of drug-likeness (QED) is 0.512. The second-order valence-electron chi connectivity index (χ2n) is 1.30. The van der Waals surface area contributed by atoms with Gasteiger partial charge in [-0.15, -0.1) is 0 Å². The summed E-state index contributed by atoms with van der Waals surface area (Å²) in [6, 6.07) is 0. The number of carbonyl (C=O) groups is 1. The molecule has 0 bridgehead atoms. The number of carbonyl (C=O) groups excluding carboxylic acids is 1. The van der Waals surface area contributed by atoms with E-state index < -0.39 is 0 Å². The molecule has 0 atom stereocenters. The average molecular weight is 109 g/mol. The van der Waals surface area contributed by atoms with Gasteiger partial charge in [0.05, 0.1) is 0 Å². The molecular weight excluding hydrogens is 102 g/mol. The second kappa shape index (κ2) is 3.02. The third-order valence-electron chi connectivity index (χ3n) is 0.500. The fourth-order valence-electron chi connectivity index (χ4n) is 0.245. The standard InChI is InChI=1S/C6H7NO/c1-4-5(2)7-6(3)8/h1-2,4H,3H3,(H,7,8). The Morgan fingerprint density at radius 1 is 1.75 bits per heavy atom. The van der Waals surface area contributed by atoms with Crippen LogP contribution in [0.1, 0.15) is 6.92 Å². The molecule has 42 valence electrons. The first-order valence-corrected chi connectivity index (χ1v) is 2.11. The molecule has 0 saturated carbocycles. The van der Waals surface area contributed by atoms with E-state index >= 15 is 0 Å². The van der Waals surface area contributed by atoms with E-state index in [1.54, 1.807) is 0 Å². The largest absolute Gasteiger partial charge is 0.326 e. The summed E-state index contributed by atoms with van der Waals surface area (Å²) in [5, 5.41) is 2.27. The number of amides is 1. The summed E-state index contributed by atoms with van der Waals surface area (Å²) in [5.74, 6) is -0.218. The van der Waals surface area contributed by atoms with E-state index in [0.29, 0.717) is 0 Å². The summed E-state index contributed by atoms with van der Waals surface area (Å²) >= 11 is 0. The van der Waals surface area contributed by atoms with Crippen LogP contribution < -0.4 is 5.32 Å². The van der Waals surface area contributed by atoms with Gasteiger partial charge in [0, 0.05) is 12.6 Å². The van der Waals surface area contributed by atoms with Crippen LogP contribution in [0.3, 0.4) is 0 Å². The maximum atomic E-state index is 10.1. The van der Waals surface area contributed by atoms with Crippen molar-refractivity contribution in [1.82, 2.24) is 5.32 Å². The van der Waals surface area contributed by atoms with E-state index in [2.05, 4.69) is 5.32 Å². The number of hydrogen-bond donors (Lipinski definition) is 1. The zero-order chi connectivity index (χ0) is 6.57. The minimum Gasteiger partial charge on any atom is -0.326 e. The van der Waals surface area contributed by atoms with Crippen LogP contribution in [0.2, 0.25) is 0 Å². The maximum absolute atomic E-state index is 10.1. The molecule has 0 spiro atoms. The Morgan fingerprint density at radius 2 is 2.25 bits per heavy atom. The van der Waals surface area contributed by atoms with Crippen molar-refractivity contribution in [3.63, 3.8) is 0 Å². The topological polar surface area (TPSA) is 29.1 Å². The fraction of sp³-hybridized carbons (Fsp3) is 0.167. The first kappa shape index (κ1) is 6.95. The highest BCUT2D eigenvalue weighted by atomic mass is 16.1. The minimum absolute atomic E-state index is 0.178. The molecule has 2 radical (unpaired) electrons. The molecule has 0 saturated heterocycles. The predicted octanol–water partition coefficient (Wildman–Crippen LogP) is 0.429. The van der Waals surface area contributed by atoms with Crippen molar-refractivity contribution in [2.45, 2.75) is 6.92 Å². The first-order valence-electron chi connectivity index (χ1n) is 2.11. The summed E-state index contributed by atoms with van der Waals surface area (Å²) < 4.78 is 0. The van der Waals surface area contributed by atoms with Gasteiger partial charge in [-0.3, -0.25) is 4.79 Å². The monoisotopic (exact) mass is 109 g/mol. The van der Waals surface area contributed by atoms with Crippen molar-refractivity contribution in [3.05, 3.63) is 24.9 Å². The molecule has 2 heteroatoms. The zero-order valence-corrected chi connectivity index (χ0v) is 4.64. The Kier molecular flexibility index (Phi) is 2.62. The smallest absolute Gasteiger partial charge is 0.221 e. The number of nitrogens with one attached hydrogen (secondary N) is 1. The lowest BCUT2D eigenvalue weighted by atomic mass is 10.5. The Labute approximate surface area is 48.9 Å².